The number of piperidine rings is 1. The van der Waals surface area contributed by atoms with E-state index in [0.29, 0.717) is 23.7 Å². The molecule has 1 atom stereocenters. The Bertz CT molecular complexity index is 1050. The van der Waals surface area contributed by atoms with Gasteiger partial charge in [-0.3, -0.25) is 0 Å². The third-order valence-corrected chi connectivity index (χ3v) is 8.07. The normalized spacial score (nSPS) is 16.3. The molecule has 0 spiro atoms. The molecule has 2 aromatic rings. The molecule has 32 heavy (non-hydrogen) atoms. The number of rotatable bonds is 9. The Labute approximate surface area is 200 Å². The minimum absolute atomic E-state index is 0.0136. The minimum atomic E-state index is -3.73. The predicted octanol–water partition coefficient (Wildman–Crippen LogP) is 4.69. The highest BCUT2D eigenvalue weighted by molar-refractivity contribution is 7.89. The molecule has 2 aromatic carbocycles. The van der Waals surface area contributed by atoms with Crippen molar-refractivity contribution in [3.63, 3.8) is 0 Å². The van der Waals surface area contributed by atoms with E-state index in [1.807, 2.05) is 43.3 Å². The average Bonchev–Trinajstić information content (AvgIpc) is 2.75. The zero-order valence-electron chi connectivity index (χ0n) is 18.3. The summed E-state index contributed by atoms with van der Waals surface area (Å²) in [4.78, 5) is 13.8. The molecular weight excluding hydrogens is 471 g/mol. The van der Waals surface area contributed by atoms with E-state index < -0.39 is 16.1 Å². The molecule has 0 aliphatic carbocycles. The van der Waals surface area contributed by atoms with Crippen LogP contribution in [0, 0.1) is 0 Å². The first-order valence-electron chi connectivity index (χ1n) is 10.5. The zero-order chi connectivity index (χ0) is 23.3. The van der Waals surface area contributed by atoms with Crippen molar-refractivity contribution >= 4 is 39.5 Å². The van der Waals surface area contributed by atoms with Crippen LogP contribution in [-0.4, -0.2) is 51.1 Å². The summed E-state index contributed by atoms with van der Waals surface area (Å²) >= 11 is 12.6. The first-order valence-corrected chi connectivity index (χ1v) is 12.7. The number of aldehydes is 1. The lowest BCUT2D eigenvalue weighted by molar-refractivity contribution is -0.119. The van der Waals surface area contributed by atoms with Crippen LogP contribution in [0.2, 0.25) is 10.0 Å². The van der Waals surface area contributed by atoms with E-state index in [1.165, 1.54) is 16.4 Å². The zero-order valence-corrected chi connectivity index (χ0v) is 20.6. The fraction of sp³-hybridized carbons (Fsp3) is 0.435. The van der Waals surface area contributed by atoms with Crippen LogP contribution >= 0.6 is 23.2 Å². The summed E-state index contributed by atoms with van der Waals surface area (Å²) in [5, 5.41) is 0.367. The number of carbonyl (C=O) groups is 1. The van der Waals surface area contributed by atoms with Crippen molar-refractivity contribution in [2.24, 2.45) is 0 Å². The topological polar surface area (TPSA) is 66.9 Å². The lowest BCUT2D eigenvalue weighted by atomic mass is 10.1. The first-order chi connectivity index (χ1) is 15.2. The summed E-state index contributed by atoms with van der Waals surface area (Å²) in [7, 11) is 0.209. The number of hydrogen-bond donors (Lipinski definition) is 0. The molecule has 1 fully saturated rings. The fourth-order valence-corrected chi connectivity index (χ4v) is 6.09. The molecule has 0 aromatic heterocycles. The molecule has 0 radical (unpaired) electrons. The van der Waals surface area contributed by atoms with Gasteiger partial charge >= 0.3 is 0 Å². The molecule has 9 heteroatoms. The van der Waals surface area contributed by atoms with E-state index in [-0.39, 0.29) is 16.5 Å². The third kappa shape index (κ3) is 6.10. The van der Waals surface area contributed by atoms with E-state index in [2.05, 4.69) is 0 Å². The molecule has 6 nitrogen and oxygen atoms in total. The van der Waals surface area contributed by atoms with Gasteiger partial charge in [-0.05, 0) is 55.8 Å². The highest BCUT2D eigenvalue weighted by Crippen LogP contribution is 2.33. The molecule has 1 saturated heterocycles. The summed E-state index contributed by atoms with van der Waals surface area (Å²) in [5.41, 5.74) is 2.25. The Morgan fingerprint density at radius 3 is 2.47 bits per heavy atom. The molecular formula is C23H28Cl2N2O4S. The van der Waals surface area contributed by atoms with Crippen molar-refractivity contribution in [2.75, 3.05) is 27.2 Å². The Morgan fingerprint density at radius 2 is 1.81 bits per heavy atom. The van der Waals surface area contributed by atoms with Gasteiger partial charge in [-0.2, -0.15) is 4.31 Å². The van der Waals surface area contributed by atoms with Gasteiger partial charge in [0.25, 0.3) is 0 Å². The van der Waals surface area contributed by atoms with Crippen LogP contribution in [-0.2, 0) is 32.7 Å². The van der Waals surface area contributed by atoms with Crippen molar-refractivity contribution in [2.45, 2.75) is 43.4 Å². The van der Waals surface area contributed by atoms with E-state index in [4.69, 9.17) is 27.9 Å². The van der Waals surface area contributed by atoms with Crippen LogP contribution in [0.25, 0.3) is 0 Å². The molecule has 1 aliphatic rings. The van der Waals surface area contributed by atoms with E-state index >= 15 is 0 Å². The third-order valence-electron chi connectivity index (χ3n) is 5.35. The average molecular weight is 499 g/mol. The van der Waals surface area contributed by atoms with E-state index in [9.17, 15) is 13.2 Å². The second-order valence-corrected chi connectivity index (χ2v) is 10.9. The van der Waals surface area contributed by atoms with Gasteiger partial charge in [0.05, 0.1) is 11.6 Å². The highest BCUT2D eigenvalue weighted by atomic mass is 35.5. The van der Waals surface area contributed by atoms with Crippen LogP contribution in [0.15, 0.2) is 41.3 Å². The maximum atomic E-state index is 13.1. The van der Waals surface area contributed by atoms with Crippen LogP contribution in [0.1, 0.15) is 42.1 Å². The molecule has 174 valence electrons. The van der Waals surface area contributed by atoms with Crippen LogP contribution in [0.5, 0.6) is 0 Å². The Morgan fingerprint density at radius 1 is 1.09 bits per heavy atom. The van der Waals surface area contributed by atoms with Crippen LogP contribution < -0.4 is 0 Å². The lowest BCUT2D eigenvalue weighted by Crippen LogP contribution is -2.35. The molecule has 1 heterocycles. The van der Waals surface area contributed by atoms with Crippen LogP contribution in [0.4, 0.5) is 0 Å². The summed E-state index contributed by atoms with van der Waals surface area (Å²) in [6.07, 6.45) is 2.60. The summed E-state index contributed by atoms with van der Waals surface area (Å²) in [6, 6.07) is 10.5. The Kier molecular flexibility index (Phi) is 8.72. The summed E-state index contributed by atoms with van der Waals surface area (Å²) < 4.78 is 33.5. The number of halogens is 2. The smallest absolute Gasteiger partial charge is 0.244 e. The molecule has 0 saturated carbocycles. The van der Waals surface area contributed by atoms with Crippen molar-refractivity contribution in [3.05, 3.63) is 63.1 Å². The van der Waals surface area contributed by atoms with Gasteiger partial charge < -0.3 is 14.4 Å². The van der Waals surface area contributed by atoms with Gasteiger partial charge in [0, 0.05) is 24.7 Å². The van der Waals surface area contributed by atoms with Crippen molar-refractivity contribution < 1.29 is 17.9 Å². The molecule has 3 rings (SSSR count). The van der Waals surface area contributed by atoms with Gasteiger partial charge in [-0.1, -0.05) is 53.9 Å². The molecule has 1 unspecified atom stereocenters. The number of nitrogens with zero attached hydrogens (tertiary/aromatic N) is 2. The van der Waals surface area contributed by atoms with Gasteiger partial charge in [0.2, 0.25) is 10.0 Å². The maximum Gasteiger partial charge on any atom is 0.244 e. The Balaban J connectivity index is 1.81. The quantitative estimate of drug-likeness (QED) is 0.469. The monoisotopic (exact) mass is 498 g/mol. The maximum absolute atomic E-state index is 13.1. The van der Waals surface area contributed by atoms with Crippen molar-refractivity contribution in [1.82, 2.24) is 9.21 Å². The lowest BCUT2D eigenvalue weighted by Gasteiger charge is -2.26. The number of hydrogen-bond acceptors (Lipinski definition) is 5. The second-order valence-electron chi connectivity index (χ2n) is 8.19. The van der Waals surface area contributed by atoms with Gasteiger partial charge in [-0.15, -0.1) is 0 Å². The van der Waals surface area contributed by atoms with Gasteiger partial charge in [0.1, 0.15) is 11.0 Å². The molecule has 1 aliphatic heterocycles. The van der Waals surface area contributed by atoms with E-state index in [0.717, 1.165) is 43.2 Å². The largest absolute Gasteiger partial charge is 0.361 e. The fourth-order valence-electron chi connectivity index (χ4n) is 3.75. The predicted molar refractivity (Wildman–Crippen MR) is 126 cm³/mol. The number of ether oxygens (including phenoxy) is 1. The van der Waals surface area contributed by atoms with E-state index in [1.54, 1.807) is 0 Å². The highest BCUT2D eigenvalue weighted by Gasteiger charge is 2.29. The second kappa shape index (κ2) is 11.1. The molecule has 0 bridgehead atoms. The first kappa shape index (κ1) is 25.1. The number of sulfonamides is 1. The minimum Gasteiger partial charge on any atom is -0.361 e. The SMILES string of the molecule is CN(C)Cc1cccc(C(C=O)OCc2cc(S(=O)(=O)N3CCCCC3)c(Cl)cc2Cl)c1. The van der Waals surface area contributed by atoms with Crippen molar-refractivity contribution in [1.29, 1.82) is 0 Å². The Hall–Kier alpha value is -1.48. The van der Waals surface area contributed by atoms with Gasteiger partial charge in [0.15, 0.2) is 6.29 Å². The number of carbonyl (C=O) groups excluding carboxylic acids is 1. The molecule has 0 amide bonds. The number of benzene rings is 2. The molecule has 0 N–H and O–H groups in total. The van der Waals surface area contributed by atoms with Crippen LogP contribution in [0.3, 0.4) is 0 Å². The van der Waals surface area contributed by atoms with Gasteiger partial charge in [-0.25, -0.2) is 8.42 Å². The van der Waals surface area contributed by atoms with Crippen molar-refractivity contribution in [3.8, 4) is 0 Å². The standard InChI is InChI=1S/C23H28Cl2N2O4S/c1-26(2)14-17-7-6-8-18(11-17)22(15-28)31-16-19-12-23(21(25)13-20(19)24)32(29,30)27-9-4-3-5-10-27/h6-8,11-13,15,22H,3-5,9-10,14,16H2,1-2H3. The summed E-state index contributed by atoms with van der Waals surface area (Å²) in [6.45, 7) is 1.66. The summed E-state index contributed by atoms with van der Waals surface area (Å²) in [5.74, 6) is 0.